The Balaban J connectivity index is 1.93. The number of pyridine rings is 1. The summed E-state index contributed by atoms with van der Waals surface area (Å²) in [6.07, 6.45) is 1.45. The van der Waals surface area contributed by atoms with Crippen molar-refractivity contribution in [3.05, 3.63) is 23.9 Å². The number of rotatable bonds is 4. The maximum atomic E-state index is 13.0. The van der Waals surface area contributed by atoms with Crippen molar-refractivity contribution in [3.63, 3.8) is 0 Å². The van der Waals surface area contributed by atoms with Gasteiger partial charge in [0.15, 0.2) is 0 Å². The molecule has 2 atom stereocenters. The number of halogens is 2. The number of nitrogens with zero attached hydrogens (tertiary/aromatic N) is 1. The smallest absolute Gasteiger partial charge is 0.248 e. The highest BCUT2D eigenvalue weighted by Crippen LogP contribution is 2.42. The molecule has 2 rings (SSSR count). The zero-order valence-corrected chi connectivity index (χ0v) is 10.3. The van der Waals surface area contributed by atoms with E-state index in [9.17, 15) is 13.9 Å². The first-order valence-electron chi connectivity index (χ1n) is 6.06. The predicted octanol–water partition coefficient (Wildman–Crippen LogP) is 2.95. The van der Waals surface area contributed by atoms with Crippen molar-refractivity contribution < 1.29 is 18.6 Å². The standard InChI is InChI=1S/C13H17F2NO2/c1-18-12-3-2-10(8-16-12)11(17)6-9-4-5-13(14,15)7-9/h2-3,8-9,11,17H,4-7H2,1H3. The van der Waals surface area contributed by atoms with Crippen molar-refractivity contribution in [1.29, 1.82) is 0 Å². The van der Waals surface area contributed by atoms with Crippen LogP contribution in [-0.4, -0.2) is 23.1 Å². The summed E-state index contributed by atoms with van der Waals surface area (Å²) in [6, 6.07) is 3.37. The van der Waals surface area contributed by atoms with E-state index in [-0.39, 0.29) is 18.8 Å². The van der Waals surface area contributed by atoms with Crippen LogP contribution >= 0.6 is 0 Å². The van der Waals surface area contributed by atoms with Crippen LogP contribution in [0.25, 0.3) is 0 Å². The first-order chi connectivity index (χ1) is 8.50. The summed E-state index contributed by atoms with van der Waals surface area (Å²) in [5.74, 6) is -2.20. The molecule has 5 heteroatoms. The molecule has 18 heavy (non-hydrogen) atoms. The minimum absolute atomic E-state index is 0.0642. The number of methoxy groups -OCH3 is 1. The van der Waals surface area contributed by atoms with Crippen molar-refractivity contribution in [2.75, 3.05) is 7.11 Å². The third-order valence-corrected chi connectivity index (χ3v) is 3.42. The topological polar surface area (TPSA) is 42.4 Å². The molecule has 0 aromatic carbocycles. The lowest BCUT2D eigenvalue weighted by atomic mass is 9.96. The summed E-state index contributed by atoms with van der Waals surface area (Å²) in [4.78, 5) is 3.99. The Labute approximate surface area is 105 Å². The maximum absolute atomic E-state index is 13.0. The lowest BCUT2D eigenvalue weighted by Crippen LogP contribution is -2.11. The highest BCUT2D eigenvalue weighted by molar-refractivity contribution is 5.19. The van der Waals surface area contributed by atoms with Crippen molar-refractivity contribution in [3.8, 4) is 5.88 Å². The summed E-state index contributed by atoms with van der Waals surface area (Å²) >= 11 is 0. The van der Waals surface area contributed by atoms with Gasteiger partial charge in [-0.25, -0.2) is 13.8 Å². The molecule has 1 saturated carbocycles. The lowest BCUT2D eigenvalue weighted by molar-refractivity contribution is 0.00254. The molecule has 0 spiro atoms. The summed E-state index contributed by atoms with van der Waals surface area (Å²) in [6.45, 7) is 0. The van der Waals surface area contributed by atoms with E-state index in [1.54, 1.807) is 12.1 Å². The molecule has 0 amide bonds. The predicted molar refractivity (Wildman–Crippen MR) is 62.7 cm³/mol. The summed E-state index contributed by atoms with van der Waals surface area (Å²) in [7, 11) is 1.51. The van der Waals surface area contributed by atoms with Gasteiger partial charge in [0.1, 0.15) is 0 Å². The van der Waals surface area contributed by atoms with Crippen molar-refractivity contribution >= 4 is 0 Å². The van der Waals surface area contributed by atoms with E-state index in [1.807, 2.05) is 0 Å². The average Bonchev–Trinajstić information content (AvgIpc) is 2.68. The van der Waals surface area contributed by atoms with Crippen LogP contribution in [0.4, 0.5) is 8.78 Å². The normalized spacial score (nSPS) is 23.9. The second-order valence-corrected chi connectivity index (χ2v) is 4.85. The Morgan fingerprint density at radius 1 is 1.56 bits per heavy atom. The fraction of sp³-hybridized carbons (Fsp3) is 0.615. The third-order valence-electron chi connectivity index (χ3n) is 3.42. The SMILES string of the molecule is COc1ccc(C(O)CC2CCC(F)(F)C2)cn1. The molecule has 0 saturated heterocycles. The Kier molecular flexibility index (Phi) is 3.80. The summed E-state index contributed by atoms with van der Waals surface area (Å²) in [5, 5.41) is 9.99. The second-order valence-electron chi connectivity index (χ2n) is 4.85. The van der Waals surface area contributed by atoms with E-state index in [0.29, 0.717) is 24.3 Å². The Morgan fingerprint density at radius 3 is 2.83 bits per heavy atom. The summed E-state index contributed by atoms with van der Waals surface area (Å²) < 4.78 is 31.0. The van der Waals surface area contributed by atoms with Crippen LogP contribution in [0.5, 0.6) is 5.88 Å². The average molecular weight is 257 g/mol. The molecule has 0 radical (unpaired) electrons. The molecule has 1 aliphatic rings. The van der Waals surface area contributed by atoms with Gasteiger partial charge in [-0.15, -0.1) is 0 Å². The van der Waals surface area contributed by atoms with E-state index >= 15 is 0 Å². The molecule has 100 valence electrons. The molecule has 0 aliphatic heterocycles. The summed E-state index contributed by atoms with van der Waals surface area (Å²) in [5.41, 5.74) is 0.644. The third kappa shape index (κ3) is 3.16. The number of aliphatic hydroxyl groups is 1. The molecule has 1 N–H and O–H groups in total. The number of alkyl halides is 2. The number of aromatic nitrogens is 1. The number of ether oxygens (including phenoxy) is 1. The number of hydrogen-bond donors (Lipinski definition) is 1. The minimum Gasteiger partial charge on any atom is -0.481 e. The van der Waals surface area contributed by atoms with Gasteiger partial charge in [-0.1, -0.05) is 0 Å². The second kappa shape index (κ2) is 5.18. The molecule has 1 heterocycles. The van der Waals surface area contributed by atoms with Crippen molar-refractivity contribution in [1.82, 2.24) is 4.98 Å². The molecule has 1 fully saturated rings. The van der Waals surface area contributed by atoms with E-state index in [2.05, 4.69) is 4.98 Å². The van der Waals surface area contributed by atoms with Gasteiger partial charge in [-0.05, 0) is 30.4 Å². The van der Waals surface area contributed by atoms with Crippen LogP contribution in [0.3, 0.4) is 0 Å². The first kappa shape index (κ1) is 13.2. The fourth-order valence-corrected chi connectivity index (χ4v) is 2.40. The van der Waals surface area contributed by atoms with Crippen molar-refractivity contribution in [2.45, 2.75) is 37.7 Å². The molecule has 0 bridgehead atoms. The number of hydrogen-bond acceptors (Lipinski definition) is 3. The van der Waals surface area contributed by atoms with E-state index in [0.717, 1.165) is 0 Å². The molecule has 3 nitrogen and oxygen atoms in total. The van der Waals surface area contributed by atoms with Gasteiger partial charge >= 0.3 is 0 Å². The highest BCUT2D eigenvalue weighted by Gasteiger charge is 2.39. The van der Waals surface area contributed by atoms with Gasteiger partial charge in [-0.2, -0.15) is 0 Å². The van der Waals surface area contributed by atoms with Crippen molar-refractivity contribution in [2.24, 2.45) is 5.92 Å². The lowest BCUT2D eigenvalue weighted by Gasteiger charge is -2.16. The van der Waals surface area contributed by atoms with Crippen LogP contribution in [0.2, 0.25) is 0 Å². The zero-order valence-electron chi connectivity index (χ0n) is 10.3. The maximum Gasteiger partial charge on any atom is 0.248 e. The van der Waals surface area contributed by atoms with Crippen LogP contribution in [-0.2, 0) is 0 Å². The molecular formula is C13H17F2NO2. The highest BCUT2D eigenvalue weighted by atomic mass is 19.3. The molecule has 1 aromatic rings. The monoisotopic (exact) mass is 257 g/mol. The van der Waals surface area contributed by atoms with Gasteiger partial charge < -0.3 is 9.84 Å². The quantitative estimate of drug-likeness (QED) is 0.901. The van der Waals surface area contributed by atoms with Crippen LogP contribution in [0.1, 0.15) is 37.4 Å². The van der Waals surface area contributed by atoms with Gasteiger partial charge in [-0.3, -0.25) is 0 Å². The van der Waals surface area contributed by atoms with E-state index < -0.39 is 12.0 Å². The molecule has 1 aromatic heterocycles. The zero-order chi connectivity index (χ0) is 13.2. The van der Waals surface area contributed by atoms with Gasteiger partial charge in [0, 0.05) is 25.1 Å². The number of aliphatic hydroxyl groups excluding tert-OH is 1. The van der Waals surface area contributed by atoms with E-state index in [4.69, 9.17) is 4.74 Å². The molecule has 2 unspecified atom stereocenters. The van der Waals surface area contributed by atoms with Crippen LogP contribution in [0.15, 0.2) is 18.3 Å². The first-order valence-corrected chi connectivity index (χ1v) is 6.06. The van der Waals surface area contributed by atoms with Gasteiger partial charge in [0.05, 0.1) is 13.2 Å². The van der Waals surface area contributed by atoms with Gasteiger partial charge in [0.2, 0.25) is 11.8 Å². The molecular weight excluding hydrogens is 240 g/mol. The Morgan fingerprint density at radius 2 is 2.33 bits per heavy atom. The Bertz CT molecular complexity index is 394. The van der Waals surface area contributed by atoms with Crippen LogP contribution in [0, 0.1) is 5.92 Å². The Hall–Kier alpha value is -1.23. The largest absolute Gasteiger partial charge is 0.481 e. The molecule has 1 aliphatic carbocycles. The minimum atomic E-state index is -2.55. The van der Waals surface area contributed by atoms with Crippen LogP contribution < -0.4 is 4.74 Å². The van der Waals surface area contributed by atoms with E-state index in [1.165, 1.54) is 13.3 Å². The fourth-order valence-electron chi connectivity index (χ4n) is 2.40. The van der Waals surface area contributed by atoms with Gasteiger partial charge in [0.25, 0.3) is 0 Å².